The molecule has 0 aliphatic carbocycles. The van der Waals surface area contributed by atoms with E-state index in [1.54, 1.807) is 6.20 Å². The number of hydrogen-bond donors (Lipinski definition) is 2. The zero-order valence-corrected chi connectivity index (χ0v) is 10.6. The molecule has 0 atom stereocenters. The third-order valence-electron chi connectivity index (χ3n) is 2.51. The summed E-state index contributed by atoms with van der Waals surface area (Å²) in [5.74, 6) is 0. The van der Waals surface area contributed by atoms with Gasteiger partial charge in [0.2, 0.25) is 0 Å². The first kappa shape index (κ1) is 11.2. The minimum Gasteiger partial charge on any atom is -0.381 e. The largest absolute Gasteiger partial charge is 0.381 e. The maximum atomic E-state index is 5.83. The molecule has 2 heterocycles. The lowest BCUT2D eigenvalue weighted by Crippen LogP contribution is -2.35. The summed E-state index contributed by atoms with van der Waals surface area (Å²) < 4.78 is 0.836. The van der Waals surface area contributed by atoms with Crippen LogP contribution in [0.15, 0.2) is 16.7 Å². The van der Waals surface area contributed by atoms with Crippen LogP contribution in [-0.2, 0) is 0 Å². The van der Waals surface area contributed by atoms with E-state index in [-0.39, 0.29) is 0 Å². The third-order valence-corrected chi connectivity index (χ3v) is 3.64. The van der Waals surface area contributed by atoms with E-state index in [0.29, 0.717) is 11.2 Å². The Kier molecular flexibility index (Phi) is 3.83. The first-order valence-corrected chi connectivity index (χ1v) is 6.21. The Morgan fingerprint density at radius 2 is 2.20 bits per heavy atom. The van der Waals surface area contributed by atoms with Gasteiger partial charge in [-0.3, -0.25) is 0 Å². The van der Waals surface area contributed by atoms with Crippen molar-refractivity contribution in [2.45, 2.75) is 18.9 Å². The van der Waals surface area contributed by atoms with Gasteiger partial charge in [-0.05, 0) is 47.9 Å². The molecular formula is C10H13BrClN3. The van der Waals surface area contributed by atoms with Gasteiger partial charge in [0.05, 0.1) is 16.4 Å². The van der Waals surface area contributed by atoms with E-state index in [1.807, 2.05) is 6.07 Å². The normalized spacial score (nSPS) is 17.7. The van der Waals surface area contributed by atoms with Gasteiger partial charge < -0.3 is 10.6 Å². The van der Waals surface area contributed by atoms with Crippen LogP contribution in [0.2, 0.25) is 5.15 Å². The SMILES string of the molecule is Clc1ncc(NC2CCNCC2)cc1Br. The molecule has 0 amide bonds. The smallest absolute Gasteiger partial charge is 0.143 e. The number of nitrogens with one attached hydrogen (secondary N) is 2. The number of pyridine rings is 1. The second kappa shape index (κ2) is 5.14. The Bertz CT molecular complexity index is 339. The topological polar surface area (TPSA) is 37.0 Å². The predicted molar refractivity (Wildman–Crippen MR) is 66.5 cm³/mol. The van der Waals surface area contributed by atoms with Crippen LogP contribution in [0, 0.1) is 0 Å². The van der Waals surface area contributed by atoms with Crippen LogP contribution in [-0.4, -0.2) is 24.1 Å². The van der Waals surface area contributed by atoms with Gasteiger partial charge in [-0.1, -0.05) is 11.6 Å². The highest BCUT2D eigenvalue weighted by Gasteiger charge is 2.12. The van der Waals surface area contributed by atoms with Gasteiger partial charge in [0.1, 0.15) is 5.15 Å². The van der Waals surface area contributed by atoms with Crippen molar-refractivity contribution in [3.05, 3.63) is 21.9 Å². The van der Waals surface area contributed by atoms with Crippen LogP contribution in [0.3, 0.4) is 0 Å². The summed E-state index contributed by atoms with van der Waals surface area (Å²) in [6, 6.07) is 2.51. The van der Waals surface area contributed by atoms with Gasteiger partial charge in [0.25, 0.3) is 0 Å². The molecule has 2 rings (SSSR count). The number of rotatable bonds is 2. The minimum absolute atomic E-state index is 0.505. The fourth-order valence-electron chi connectivity index (χ4n) is 1.70. The summed E-state index contributed by atoms with van der Waals surface area (Å²) in [5, 5.41) is 7.30. The van der Waals surface area contributed by atoms with Gasteiger partial charge in [0, 0.05) is 6.04 Å². The molecule has 5 heteroatoms. The average molecular weight is 291 g/mol. The summed E-state index contributed by atoms with van der Waals surface area (Å²) in [4.78, 5) is 4.08. The summed E-state index contributed by atoms with van der Waals surface area (Å²) in [6.07, 6.45) is 4.08. The Hall–Kier alpha value is -0.320. The second-order valence-electron chi connectivity index (χ2n) is 3.67. The molecule has 2 N–H and O–H groups in total. The summed E-state index contributed by atoms with van der Waals surface area (Å²) >= 11 is 9.19. The van der Waals surface area contributed by atoms with Gasteiger partial charge in [-0.2, -0.15) is 0 Å². The maximum absolute atomic E-state index is 5.83. The molecule has 0 bridgehead atoms. The third kappa shape index (κ3) is 3.06. The van der Waals surface area contributed by atoms with Gasteiger partial charge in [0.15, 0.2) is 0 Å². The molecule has 15 heavy (non-hydrogen) atoms. The highest BCUT2D eigenvalue weighted by Crippen LogP contribution is 2.23. The van der Waals surface area contributed by atoms with Crippen LogP contribution in [0.4, 0.5) is 5.69 Å². The number of halogens is 2. The maximum Gasteiger partial charge on any atom is 0.143 e. The average Bonchev–Trinajstić information content (AvgIpc) is 2.25. The van der Waals surface area contributed by atoms with E-state index < -0.39 is 0 Å². The van der Waals surface area contributed by atoms with E-state index in [1.165, 1.54) is 0 Å². The second-order valence-corrected chi connectivity index (χ2v) is 4.88. The molecule has 1 saturated heterocycles. The molecule has 1 fully saturated rings. The Labute approximate surface area is 103 Å². The molecule has 0 unspecified atom stereocenters. The molecule has 1 aliphatic rings. The zero-order chi connectivity index (χ0) is 10.7. The van der Waals surface area contributed by atoms with Crippen molar-refractivity contribution in [3.8, 4) is 0 Å². The molecule has 0 radical (unpaired) electrons. The van der Waals surface area contributed by atoms with E-state index >= 15 is 0 Å². The van der Waals surface area contributed by atoms with Crippen LogP contribution in [0.1, 0.15) is 12.8 Å². The standard InChI is InChI=1S/C10H13BrClN3/c11-9-5-8(6-14-10(9)12)15-7-1-3-13-4-2-7/h5-7,13,15H,1-4H2. The van der Waals surface area contributed by atoms with Crippen molar-refractivity contribution in [1.82, 2.24) is 10.3 Å². The Balaban J connectivity index is 2.00. The van der Waals surface area contributed by atoms with Crippen molar-refractivity contribution >= 4 is 33.2 Å². The lowest BCUT2D eigenvalue weighted by molar-refractivity contribution is 0.479. The number of piperidine rings is 1. The molecule has 0 spiro atoms. The number of aromatic nitrogens is 1. The summed E-state index contributed by atoms with van der Waals surface area (Å²) in [6.45, 7) is 2.17. The lowest BCUT2D eigenvalue weighted by Gasteiger charge is -2.24. The van der Waals surface area contributed by atoms with Gasteiger partial charge in [-0.25, -0.2) is 4.98 Å². The minimum atomic E-state index is 0.505. The fraction of sp³-hybridized carbons (Fsp3) is 0.500. The van der Waals surface area contributed by atoms with Crippen LogP contribution >= 0.6 is 27.5 Å². The first-order chi connectivity index (χ1) is 7.25. The van der Waals surface area contributed by atoms with E-state index in [2.05, 4.69) is 31.5 Å². The van der Waals surface area contributed by atoms with E-state index in [9.17, 15) is 0 Å². The fourth-order valence-corrected chi connectivity index (χ4v) is 2.15. The van der Waals surface area contributed by atoms with Crippen molar-refractivity contribution < 1.29 is 0 Å². The van der Waals surface area contributed by atoms with E-state index in [4.69, 9.17) is 11.6 Å². The molecule has 1 aromatic heterocycles. The molecule has 1 aromatic rings. The van der Waals surface area contributed by atoms with E-state index in [0.717, 1.165) is 36.1 Å². The van der Waals surface area contributed by atoms with Crippen molar-refractivity contribution in [2.24, 2.45) is 0 Å². The van der Waals surface area contributed by atoms with Gasteiger partial charge >= 0.3 is 0 Å². The Morgan fingerprint density at radius 3 is 2.87 bits per heavy atom. The van der Waals surface area contributed by atoms with Crippen LogP contribution in [0.25, 0.3) is 0 Å². The quantitative estimate of drug-likeness (QED) is 0.822. The predicted octanol–water partition coefficient (Wildman–Crippen LogP) is 2.66. The van der Waals surface area contributed by atoms with Crippen molar-refractivity contribution in [3.63, 3.8) is 0 Å². The van der Waals surface area contributed by atoms with Gasteiger partial charge in [-0.15, -0.1) is 0 Å². The Morgan fingerprint density at radius 1 is 1.47 bits per heavy atom. The van der Waals surface area contributed by atoms with Crippen LogP contribution < -0.4 is 10.6 Å². The van der Waals surface area contributed by atoms with Crippen molar-refractivity contribution in [2.75, 3.05) is 18.4 Å². The first-order valence-electron chi connectivity index (χ1n) is 5.04. The lowest BCUT2D eigenvalue weighted by atomic mass is 10.1. The molecule has 1 aliphatic heterocycles. The monoisotopic (exact) mass is 289 g/mol. The number of hydrogen-bond acceptors (Lipinski definition) is 3. The molecular weight excluding hydrogens is 277 g/mol. The summed E-state index contributed by atoms with van der Waals surface area (Å²) in [7, 11) is 0. The van der Waals surface area contributed by atoms with Crippen LogP contribution in [0.5, 0.6) is 0 Å². The highest BCUT2D eigenvalue weighted by molar-refractivity contribution is 9.10. The molecule has 82 valence electrons. The highest BCUT2D eigenvalue weighted by atomic mass is 79.9. The summed E-state index contributed by atoms with van der Waals surface area (Å²) in [5.41, 5.74) is 1.03. The molecule has 0 saturated carbocycles. The van der Waals surface area contributed by atoms with Crippen molar-refractivity contribution in [1.29, 1.82) is 0 Å². The molecule has 0 aromatic carbocycles. The molecule has 3 nitrogen and oxygen atoms in total. The number of nitrogens with zero attached hydrogens (tertiary/aromatic N) is 1. The number of anilines is 1. The zero-order valence-electron chi connectivity index (χ0n) is 8.26.